The lowest BCUT2D eigenvalue weighted by atomic mass is 9.98. The minimum atomic E-state index is 1.09. The lowest BCUT2D eigenvalue weighted by Crippen LogP contribution is -2.13. The van der Waals surface area contributed by atoms with E-state index in [1.54, 1.807) is 6.33 Å². The Balaban J connectivity index is 2.16. The average molecular weight is 241 g/mol. The van der Waals surface area contributed by atoms with Gasteiger partial charge >= 0.3 is 0 Å². The second kappa shape index (κ2) is 6.26. The van der Waals surface area contributed by atoms with Crippen LogP contribution in [-0.4, -0.2) is 35.5 Å². The minimum absolute atomic E-state index is 1.09. The molecule has 1 aromatic carbocycles. The summed E-state index contributed by atoms with van der Waals surface area (Å²) >= 11 is 0. The Morgan fingerprint density at radius 2 is 1.78 bits per heavy atom. The number of aromatic nitrogens is 2. The van der Waals surface area contributed by atoms with Crippen LogP contribution in [-0.2, 0) is 6.42 Å². The molecule has 2 rings (SSSR count). The topological polar surface area (TPSA) is 29.0 Å². The third-order valence-corrected chi connectivity index (χ3v) is 2.94. The predicted octanol–water partition coefficient (Wildman–Crippen LogP) is 2.64. The zero-order valence-corrected chi connectivity index (χ0v) is 11.0. The summed E-state index contributed by atoms with van der Waals surface area (Å²) in [6, 6.07) is 8.50. The van der Waals surface area contributed by atoms with E-state index in [1.165, 1.54) is 11.1 Å². The van der Waals surface area contributed by atoms with Gasteiger partial charge in [-0.05, 0) is 44.6 Å². The van der Waals surface area contributed by atoms with E-state index in [1.807, 2.05) is 12.4 Å². The smallest absolute Gasteiger partial charge is 0.115 e. The molecule has 0 saturated heterocycles. The van der Waals surface area contributed by atoms with Crippen molar-refractivity contribution in [3.05, 3.63) is 48.5 Å². The lowest BCUT2D eigenvalue weighted by Gasteiger charge is -2.11. The zero-order valence-electron chi connectivity index (χ0n) is 11.0. The summed E-state index contributed by atoms with van der Waals surface area (Å²) in [6.45, 7) is 1.11. The summed E-state index contributed by atoms with van der Waals surface area (Å²) in [5.74, 6) is 0. The minimum Gasteiger partial charge on any atom is -0.309 e. The largest absolute Gasteiger partial charge is 0.309 e. The maximum atomic E-state index is 4.09. The van der Waals surface area contributed by atoms with Crippen LogP contribution in [0.25, 0.3) is 11.1 Å². The zero-order chi connectivity index (χ0) is 12.8. The molecule has 0 unspecified atom stereocenters. The van der Waals surface area contributed by atoms with Gasteiger partial charge < -0.3 is 4.90 Å². The van der Waals surface area contributed by atoms with Crippen molar-refractivity contribution in [2.45, 2.75) is 12.8 Å². The summed E-state index contributed by atoms with van der Waals surface area (Å²) in [5.41, 5.74) is 3.71. The van der Waals surface area contributed by atoms with Crippen molar-refractivity contribution in [3.8, 4) is 11.1 Å². The Labute approximate surface area is 109 Å². The molecule has 0 spiro atoms. The fraction of sp³-hybridized carbons (Fsp3) is 0.333. The van der Waals surface area contributed by atoms with Gasteiger partial charge in [-0.2, -0.15) is 0 Å². The molecule has 0 atom stereocenters. The van der Waals surface area contributed by atoms with Gasteiger partial charge in [-0.3, -0.25) is 0 Å². The van der Waals surface area contributed by atoms with E-state index < -0.39 is 0 Å². The third-order valence-electron chi connectivity index (χ3n) is 2.94. The Morgan fingerprint density at radius 3 is 2.50 bits per heavy atom. The van der Waals surface area contributed by atoms with Gasteiger partial charge in [-0.25, -0.2) is 9.97 Å². The van der Waals surface area contributed by atoms with Gasteiger partial charge in [-0.15, -0.1) is 0 Å². The molecule has 1 heterocycles. The first kappa shape index (κ1) is 12.7. The third kappa shape index (κ3) is 3.37. The second-order valence-electron chi connectivity index (χ2n) is 4.69. The predicted molar refractivity (Wildman–Crippen MR) is 74.3 cm³/mol. The van der Waals surface area contributed by atoms with Crippen molar-refractivity contribution >= 4 is 0 Å². The molecule has 3 nitrogen and oxygen atoms in total. The highest BCUT2D eigenvalue weighted by atomic mass is 15.0. The average Bonchev–Trinajstić information content (AvgIpc) is 2.40. The molecule has 0 aliphatic carbocycles. The van der Waals surface area contributed by atoms with Crippen LogP contribution in [0.1, 0.15) is 12.0 Å². The molecule has 0 aliphatic heterocycles. The summed E-state index contributed by atoms with van der Waals surface area (Å²) in [4.78, 5) is 10.4. The molecule has 94 valence electrons. The van der Waals surface area contributed by atoms with Crippen LogP contribution in [0.2, 0.25) is 0 Å². The monoisotopic (exact) mass is 241 g/mol. The Morgan fingerprint density at radius 1 is 1.06 bits per heavy atom. The van der Waals surface area contributed by atoms with E-state index in [0.717, 1.165) is 24.9 Å². The van der Waals surface area contributed by atoms with Crippen LogP contribution in [0.4, 0.5) is 0 Å². The summed E-state index contributed by atoms with van der Waals surface area (Å²) in [7, 11) is 4.22. The first-order valence-electron chi connectivity index (χ1n) is 6.25. The van der Waals surface area contributed by atoms with Crippen LogP contribution in [0, 0.1) is 0 Å². The molecule has 0 N–H and O–H groups in total. The van der Waals surface area contributed by atoms with Gasteiger partial charge in [0.2, 0.25) is 0 Å². The lowest BCUT2D eigenvalue weighted by molar-refractivity contribution is 0.400. The molecule has 0 bridgehead atoms. The first-order chi connectivity index (χ1) is 8.77. The van der Waals surface area contributed by atoms with Gasteiger partial charge in [-0.1, -0.05) is 24.3 Å². The Hall–Kier alpha value is -1.74. The molecule has 3 heteroatoms. The molecule has 2 aromatic rings. The highest BCUT2D eigenvalue weighted by molar-refractivity contribution is 5.65. The number of benzene rings is 1. The van der Waals surface area contributed by atoms with E-state index >= 15 is 0 Å². The van der Waals surface area contributed by atoms with Crippen LogP contribution in [0.3, 0.4) is 0 Å². The number of aryl methyl sites for hydroxylation is 1. The van der Waals surface area contributed by atoms with Crippen molar-refractivity contribution in [1.29, 1.82) is 0 Å². The van der Waals surface area contributed by atoms with Crippen LogP contribution in [0.5, 0.6) is 0 Å². The van der Waals surface area contributed by atoms with Gasteiger partial charge in [0.25, 0.3) is 0 Å². The SMILES string of the molecule is CN(C)CCCc1ccccc1-c1cncnc1. The van der Waals surface area contributed by atoms with E-state index in [9.17, 15) is 0 Å². The molecule has 18 heavy (non-hydrogen) atoms. The fourth-order valence-corrected chi connectivity index (χ4v) is 2.04. The number of hydrogen-bond acceptors (Lipinski definition) is 3. The fourth-order valence-electron chi connectivity index (χ4n) is 2.04. The molecule has 0 aliphatic rings. The quantitative estimate of drug-likeness (QED) is 0.806. The summed E-state index contributed by atoms with van der Waals surface area (Å²) in [5, 5.41) is 0. The van der Waals surface area contributed by atoms with Crippen LogP contribution < -0.4 is 0 Å². The molecule has 0 fully saturated rings. The normalized spacial score (nSPS) is 10.8. The second-order valence-corrected chi connectivity index (χ2v) is 4.69. The summed E-state index contributed by atoms with van der Waals surface area (Å²) < 4.78 is 0. The molecular formula is C15H19N3. The maximum absolute atomic E-state index is 4.09. The molecule has 0 amide bonds. The summed E-state index contributed by atoms with van der Waals surface area (Å²) in [6.07, 6.45) is 7.56. The highest BCUT2D eigenvalue weighted by Gasteiger charge is 2.04. The number of hydrogen-bond donors (Lipinski definition) is 0. The van der Waals surface area contributed by atoms with Gasteiger partial charge in [0.15, 0.2) is 0 Å². The van der Waals surface area contributed by atoms with E-state index in [4.69, 9.17) is 0 Å². The van der Waals surface area contributed by atoms with Crippen molar-refractivity contribution in [1.82, 2.24) is 14.9 Å². The molecule has 0 radical (unpaired) electrons. The standard InChI is InChI=1S/C15H19N3/c1-18(2)9-5-7-13-6-3-4-8-15(13)14-10-16-12-17-11-14/h3-4,6,8,10-12H,5,7,9H2,1-2H3. The maximum Gasteiger partial charge on any atom is 0.115 e. The van der Waals surface area contributed by atoms with E-state index in [0.29, 0.717) is 0 Å². The van der Waals surface area contributed by atoms with E-state index in [2.05, 4.69) is 53.2 Å². The highest BCUT2D eigenvalue weighted by Crippen LogP contribution is 2.23. The van der Waals surface area contributed by atoms with Crippen molar-refractivity contribution in [2.75, 3.05) is 20.6 Å². The van der Waals surface area contributed by atoms with Crippen LogP contribution >= 0.6 is 0 Å². The van der Waals surface area contributed by atoms with E-state index in [-0.39, 0.29) is 0 Å². The van der Waals surface area contributed by atoms with Crippen molar-refractivity contribution < 1.29 is 0 Å². The number of nitrogens with zero attached hydrogens (tertiary/aromatic N) is 3. The molecule has 0 saturated carbocycles. The van der Waals surface area contributed by atoms with Crippen molar-refractivity contribution in [2.24, 2.45) is 0 Å². The van der Waals surface area contributed by atoms with Gasteiger partial charge in [0.1, 0.15) is 6.33 Å². The van der Waals surface area contributed by atoms with Gasteiger partial charge in [0, 0.05) is 18.0 Å². The van der Waals surface area contributed by atoms with Gasteiger partial charge in [0.05, 0.1) is 0 Å². The molecule has 1 aromatic heterocycles. The molecular weight excluding hydrogens is 222 g/mol. The van der Waals surface area contributed by atoms with Crippen LogP contribution in [0.15, 0.2) is 43.0 Å². The Bertz CT molecular complexity index is 480. The first-order valence-corrected chi connectivity index (χ1v) is 6.25. The Kier molecular flexibility index (Phi) is 4.42. The number of rotatable bonds is 5. The van der Waals surface area contributed by atoms with Crippen molar-refractivity contribution in [3.63, 3.8) is 0 Å².